The Hall–Kier alpha value is -4.44. The summed E-state index contributed by atoms with van der Waals surface area (Å²) in [6.07, 6.45) is -0.228. The fourth-order valence-electron chi connectivity index (χ4n) is 5.22. The summed E-state index contributed by atoms with van der Waals surface area (Å²) >= 11 is 0. The zero-order chi connectivity index (χ0) is 27.4. The SMILES string of the molecule is CC(C)(C)OC(=O)NC1(c2ccc(-c3nc4c(cc3-c3ccccc3)-n3c(n[nH]c3=O)CO4)cc2)CC(O)C1. The highest BCUT2D eigenvalue weighted by Gasteiger charge is 2.47. The van der Waals surface area contributed by atoms with Crippen molar-refractivity contribution < 1.29 is 19.4 Å². The van der Waals surface area contributed by atoms with Crippen LogP contribution in [-0.4, -0.2) is 42.7 Å². The van der Waals surface area contributed by atoms with Crippen molar-refractivity contribution in [1.29, 1.82) is 0 Å². The summed E-state index contributed by atoms with van der Waals surface area (Å²) < 4.78 is 12.8. The van der Waals surface area contributed by atoms with Crippen LogP contribution in [0.5, 0.6) is 5.88 Å². The van der Waals surface area contributed by atoms with Gasteiger partial charge in [-0.2, -0.15) is 5.10 Å². The van der Waals surface area contributed by atoms with Crippen molar-refractivity contribution in [3.63, 3.8) is 0 Å². The van der Waals surface area contributed by atoms with E-state index in [0.29, 0.717) is 35.9 Å². The van der Waals surface area contributed by atoms with Gasteiger partial charge in [0, 0.05) is 24.0 Å². The number of aliphatic hydroxyl groups is 1. The van der Waals surface area contributed by atoms with Crippen LogP contribution in [0.15, 0.2) is 65.5 Å². The molecule has 2 aromatic carbocycles. The summed E-state index contributed by atoms with van der Waals surface area (Å²) in [4.78, 5) is 29.9. The molecule has 0 saturated heterocycles. The van der Waals surface area contributed by atoms with E-state index < -0.39 is 23.3 Å². The lowest BCUT2D eigenvalue weighted by atomic mass is 9.69. The predicted molar refractivity (Wildman–Crippen MR) is 143 cm³/mol. The molecule has 0 spiro atoms. The summed E-state index contributed by atoms with van der Waals surface area (Å²) in [6.45, 7) is 5.57. The minimum atomic E-state index is -0.715. The third-order valence-electron chi connectivity index (χ3n) is 6.99. The Balaban J connectivity index is 1.40. The molecule has 0 bridgehead atoms. The number of carbonyl (C=O) groups is 1. The molecule has 3 N–H and O–H groups in total. The fourth-order valence-corrected chi connectivity index (χ4v) is 5.22. The number of carbonyl (C=O) groups excluding carboxylic acids is 1. The van der Waals surface area contributed by atoms with Crippen molar-refractivity contribution in [2.45, 2.75) is 57.5 Å². The van der Waals surface area contributed by atoms with Gasteiger partial charge in [0.05, 0.1) is 17.3 Å². The molecular weight excluding hydrogens is 498 g/mol. The van der Waals surface area contributed by atoms with Gasteiger partial charge in [0.1, 0.15) is 11.3 Å². The van der Waals surface area contributed by atoms with Crippen molar-refractivity contribution in [3.8, 4) is 34.0 Å². The molecule has 200 valence electrons. The van der Waals surface area contributed by atoms with Crippen molar-refractivity contribution in [3.05, 3.63) is 82.5 Å². The number of fused-ring (bicyclic) bond motifs is 3. The summed E-state index contributed by atoms with van der Waals surface area (Å²) in [5.41, 5.74) is 2.98. The minimum Gasteiger partial charge on any atom is -0.468 e. The molecule has 1 amide bonds. The Bertz CT molecular complexity index is 1600. The molecule has 4 aromatic rings. The molecule has 6 rings (SSSR count). The van der Waals surface area contributed by atoms with E-state index in [0.717, 1.165) is 22.3 Å². The Kier molecular flexibility index (Phi) is 5.80. The number of aliphatic hydroxyl groups excluding tert-OH is 1. The van der Waals surface area contributed by atoms with Crippen molar-refractivity contribution in [2.75, 3.05) is 0 Å². The smallest absolute Gasteiger partial charge is 0.408 e. The third kappa shape index (κ3) is 4.57. The highest BCUT2D eigenvalue weighted by Crippen LogP contribution is 2.43. The van der Waals surface area contributed by atoms with Gasteiger partial charge in [-0.1, -0.05) is 54.6 Å². The Morgan fingerprint density at radius 2 is 1.85 bits per heavy atom. The van der Waals surface area contributed by atoms with E-state index in [1.807, 2.05) is 81.4 Å². The van der Waals surface area contributed by atoms with Crippen LogP contribution in [0, 0.1) is 0 Å². The van der Waals surface area contributed by atoms with Crippen LogP contribution in [-0.2, 0) is 16.9 Å². The van der Waals surface area contributed by atoms with Crippen LogP contribution in [0.25, 0.3) is 28.1 Å². The number of rotatable bonds is 4. The number of aromatic nitrogens is 4. The maximum Gasteiger partial charge on any atom is 0.408 e. The second kappa shape index (κ2) is 9.09. The Morgan fingerprint density at radius 3 is 2.51 bits per heavy atom. The van der Waals surface area contributed by atoms with E-state index in [2.05, 4.69) is 15.5 Å². The number of hydrogen-bond donors (Lipinski definition) is 3. The molecule has 10 nitrogen and oxygen atoms in total. The Labute approximate surface area is 224 Å². The molecule has 1 saturated carbocycles. The Morgan fingerprint density at radius 1 is 1.13 bits per heavy atom. The summed E-state index contributed by atoms with van der Waals surface area (Å²) in [7, 11) is 0. The predicted octanol–water partition coefficient (Wildman–Crippen LogP) is 4.06. The monoisotopic (exact) mass is 527 g/mol. The molecule has 0 atom stereocenters. The van der Waals surface area contributed by atoms with Gasteiger partial charge in [-0.15, -0.1) is 0 Å². The van der Waals surface area contributed by atoms with E-state index >= 15 is 0 Å². The zero-order valence-corrected chi connectivity index (χ0v) is 21.9. The minimum absolute atomic E-state index is 0.128. The first-order chi connectivity index (χ1) is 18.6. The molecule has 2 aromatic heterocycles. The van der Waals surface area contributed by atoms with Gasteiger partial charge in [0.25, 0.3) is 0 Å². The molecular formula is C29H29N5O5. The van der Waals surface area contributed by atoms with Gasteiger partial charge in [0.2, 0.25) is 5.88 Å². The standard InChI is InChI=1S/C29H29N5O5/c1-28(2,3)39-27(37)31-29(14-20(35)15-29)19-11-9-18(10-12-19)24-21(17-7-5-4-6-8-17)13-22-25(30-24)38-16-23-32-33-26(36)34(22)23/h4-13,20,35H,14-16H2,1-3H3,(H,31,37)(H,33,36). The average molecular weight is 528 g/mol. The number of hydrogen-bond acceptors (Lipinski definition) is 7. The average Bonchev–Trinajstić information content (AvgIpc) is 3.27. The second-order valence-electron chi connectivity index (χ2n) is 11.0. The van der Waals surface area contributed by atoms with Gasteiger partial charge in [0.15, 0.2) is 12.4 Å². The number of benzene rings is 2. The number of aromatic amines is 1. The zero-order valence-electron chi connectivity index (χ0n) is 21.9. The molecule has 1 aliphatic heterocycles. The first-order valence-electron chi connectivity index (χ1n) is 12.8. The van der Waals surface area contributed by atoms with E-state index in [4.69, 9.17) is 14.5 Å². The number of pyridine rings is 1. The molecule has 1 fully saturated rings. The normalized spacial score (nSPS) is 19.7. The third-order valence-corrected chi connectivity index (χ3v) is 6.99. The number of nitrogens with zero attached hydrogens (tertiary/aromatic N) is 3. The van der Waals surface area contributed by atoms with Crippen LogP contribution >= 0.6 is 0 Å². The van der Waals surface area contributed by atoms with Gasteiger partial charge in [-0.05, 0) is 38.0 Å². The number of alkyl carbamates (subject to hydrolysis) is 1. The van der Waals surface area contributed by atoms with E-state index in [-0.39, 0.29) is 12.3 Å². The number of ether oxygens (including phenoxy) is 2. The second-order valence-corrected chi connectivity index (χ2v) is 11.0. The summed E-state index contributed by atoms with van der Waals surface area (Å²) in [6, 6.07) is 19.5. The molecule has 10 heteroatoms. The quantitative estimate of drug-likeness (QED) is 0.365. The molecule has 0 radical (unpaired) electrons. The van der Waals surface area contributed by atoms with Crippen molar-refractivity contribution >= 4 is 6.09 Å². The van der Waals surface area contributed by atoms with Crippen LogP contribution in [0.4, 0.5) is 4.79 Å². The first-order valence-corrected chi connectivity index (χ1v) is 12.8. The highest BCUT2D eigenvalue weighted by molar-refractivity contribution is 5.83. The highest BCUT2D eigenvalue weighted by atomic mass is 16.6. The van der Waals surface area contributed by atoms with Crippen molar-refractivity contribution in [2.24, 2.45) is 0 Å². The lowest BCUT2D eigenvalue weighted by Gasteiger charge is -2.46. The van der Waals surface area contributed by atoms with Gasteiger partial charge in [-0.25, -0.2) is 24.2 Å². The van der Waals surface area contributed by atoms with Crippen LogP contribution in [0.3, 0.4) is 0 Å². The molecule has 1 aliphatic carbocycles. The van der Waals surface area contributed by atoms with Crippen LogP contribution in [0.2, 0.25) is 0 Å². The van der Waals surface area contributed by atoms with Crippen LogP contribution in [0.1, 0.15) is 45.0 Å². The first kappa shape index (κ1) is 24.9. The molecule has 3 heterocycles. The number of nitrogens with one attached hydrogen (secondary N) is 2. The number of H-pyrrole nitrogens is 1. The van der Waals surface area contributed by atoms with Crippen molar-refractivity contribution in [1.82, 2.24) is 25.1 Å². The number of amides is 1. The molecule has 0 unspecified atom stereocenters. The van der Waals surface area contributed by atoms with E-state index in [9.17, 15) is 14.7 Å². The maximum absolute atomic E-state index is 12.6. The largest absolute Gasteiger partial charge is 0.468 e. The molecule has 2 aliphatic rings. The maximum atomic E-state index is 12.6. The topological polar surface area (TPSA) is 131 Å². The van der Waals surface area contributed by atoms with E-state index in [1.165, 1.54) is 4.57 Å². The summed E-state index contributed by atoms with van der Waals surface area (Å²) in [5, 5.41) is 19.6. The lowest BCUT2D eigenvalue weighted by Crippen LogP contribution is -2.57. The van der Waals surface area contributed by atoms with E-state index in [1.54, 1.807) is 0 Å². The fraction of sp³-hybridized carbons (Fsp3) is 0.310. The van der Waals surface area contributed by atoms with Gasteiger partial charge < -0.3 is 19.9 Å². The molecule has 39 heavy (non-hydrogen) atoms. The van der Waals surface area contributed by atoms with Crippen LogP contribution < -0.4 is 15.7 Å². The summed E-state index contributed by atoms with van der Waals surface area (Å²) in [5.74, 6) is 0.825. The lowest BCUT2D eigenvalue weighted by molar-refractivity contribution is -0.0124. The van der Waals surface area contributed by atoms with Gasteiger partial charge >= 0.3 is 11.8 Å². The van der Waals surface area contributed by atoms with Gasteiger partial charge in [-0.3, -0.25) is 0 Å².